The first-order chi connectivity index (χ1) is 7.23. The van der Waals surface area contributed by atoms with Crippen LogP contribution in [0.2, 0.25) is 0 Å². The van der Waals surface area contributed by atoms with Gasteiger partial charge in [-0.1, -0.05) is 13.8 Å². The summed E-state index contributed by atoms with van der Waals surface area (Å²) in [5, 5.41) is 3.67. The molecule has 0 aromatic rings. The molecule has 0 bridgehead atoms. The van der Waals surface area contributed by atoms with E-state index in [0.717, 1.165) is 19.1 Å². The van der Waals surface area contributed by atoms with Crippen molar-refractivity contribution in [3.05, 3.63) is 0 Å². The Morgan fingerprint density at radius 3 is 3.07 bits per heavy atom. The fourth-order valence-electron chi connectivity index (χ4n) is 2.72. The summed E-state index contributed by atoms with van der Waals surface area (Å²) in [4.78, 5) is 0. The van der Waals surface area contributed by atoms with Gasteiger partial charge < -0.3 is 10.1 Å². The maximum atomic E-state index is 6.14. The first kappa shape index (κ1) is 11.7. The van der Waals surface area contributed by atoms with Gasteiger partial charge in [0.2, 0.25) is 0 Å². The largest absolute Gasteiger partial charge is 0.371 e. The van der Waals surface area contributed by atoms with Gasteiger partial charge in [0.25, 0.3) is 0 Å². The summed E-state index contributed by atoms with van der Waals surface area (Å²) in [6.07, 6.45) is 3.83. The van der Waals surface area contributed by atoms with Crippen LogP contribution in [-0.4, -0.2) is 36.3 Å². The van der Waals surface area contributed by atoms with Gasteiger partial charge in [-0.05, 0) is 30.9 Å². The van der Waals surface area contributed by atoms with E-state index in [4.69, 9.17) is 4.74 Å². The van der Waals surface area contributed by atoms with Crippen LogP contribution < -0.4 is 5.32 Å². The Morgan fingerprint density at radius 2 is 2.40 bits per heavy atom. The molecule has 0 aliphatic carbocycles. The molecule has 0 aromatic carbocycles. The van der Waals surface area contributed by atoms with Gasteiger partial charge in [-0.3, -0.25) is 0 Å². The zero-order valence-electron chi connectivity index (χ0n) is 9.92. The molecule has 15 heavy (non-hydrogen) atoms. The van der Waals surface area contributed by atoms with Crippen molar-refractivity contribution in [3.63, 3.8) is 0 Å². The molecule has 2 rings (SSSR count). The first-order valence-corrected chi connectivity index (χ1v) is 7.33. The van der Waals surface area contributed by atoms with Crippen LogP contribution in [0.25, 0.3) is 0 Å². The van der Waals surface area contributed by atoms with E-state index in [0.29, 0.717) is 6.04 Å². The van der Waals surface area contributed by atoms with Crippen molar-refractivity contribution in [2.75, 3.05) is 24.7 Å². The van der Waals surface area contributed by atoms with Gasteiger partial charge in [-0.2, -0.15) is 11.8 Å². The second-order valence-electron chi connectivity index (χ2n) is 5.21. The molecular formula is C12H23NOS. The third-order valence-electron chi connectivity index (χ3n) is 3.46. The summed E-state index contributed by atoms with van der Waals surface area (Å²) >= 11 is 2.07. The predicted octanol–water partition coefficient (Wildman–Crippen LogP) is 2.29. The van der Waals surface area contributed by atoms with Crippen molar-refractivity contribution in [1.29, 1.82) is 0 Å². The average molecular weight is 229 g/mol. The quantitative estimate of drug-likeness (QED) is 0.785. The van der Waals surface area contributed by atoms with Gasteiger partial charge in [-0.15, -0.1) is 0 Å². The summed E-state index contributed by atoms with van der Waals surface area (Å²) in [6.45, 7) is 6.54. The average Bonchev–Trinajstić information content (AvgIpc) is 2.23. The molecule has 1 spiro atoms. The van der Waals surface area contributed by atoms with E-state index in [9.17, 15) is 0 Å². The number of rotatable bonds is 2. The lowest BCUT2D eigenvalue weighted by Crippen LogP contribution is -2.60. The zero-order valence-corrected chi connectivity index (χ0v) is 10.7. The molecule has 0 amide bonds. The van der Waals surface area contributed by atoms with Crippen molar-refractivity contribution in [2.45, 2.75) is 44.8 Å². The van der Waals surface area contributed by atoms with Crippen LogP contribution in [0.1, 0.15) is 33.1 Å². The molecule has 2 fully saturated rings. The third kappa shape index (κ3) is 2.69. The molecule has 88 valence electrons. The lowest BCUT2D eigenvalue weighted by Gasteiger charge is -2.47. The summed E-state index contributed by atoms with van der Waals surface area (Å²) < 4.78 is 6.14. The second kappa shape index (κ2) is 5.07. The van der Waals surface area contributed by atoms with E-state index in [1.165, 1.54) is 30.8 Å². The molecule has 2 aliphatic rings. The van der Waals surface area contributed by atoms with Crippen LogP contribution >= 0.6 is 11.8 Å². The molecule has 2 heterocycles. The molecule has 1 N–H and O–H groups in total. The Hall–Kier alpha value is 0.270. The summed E-state index contributed by atoms with van der Waals surface area (Å²) in [7, 11) is 0. The number of hydrogen-bond acceptors (Lipinski definition) is 3. The number of thioether (sulfide) groups is 1. The summed E-state index contributed by atoms with van der Waals surface area (Å²) in [6, 6.07) is 0.582. The maximum Gasteiger partial charge on any atom is 0.0925 e. The Kier molecular flexibility index (Phi) is 3.97. The lowest BCUT2D eigenvalue weighted by atomic mass is 9.84. The highest BCUT2D eigenvalue weighted by Gasteiger charge is 2.43. The minimum Gasteiger partial charge on any atom is -0.371 e. The molecular weight excluding hydrogens is 206 g/mol. The van der Waals surface area contributed by atoms with Crippen LogP contribution in [0, 0.1) is 5.92 Å². The van der Waals surface area contributed by atoms with Gasteiger partial charge in [0.1, 0.15) is 0 Å². The smallest absolute Gasteiger partial charge is 0.0925 e. The van der Waals surface area contributed by atoms with Crippen molar-refractivity contribution in [1.82, 2.24) is 5.32 Å². The predicted molar refractivity (Wildman–Crippen MR) is 66.5 cm³/mol. The van der Waals surface area contributed by atoms with Crippen LogP contribution in [0.3, 0.4) is 0 Å². The zero-order chi connectivity index (χ0) is 10.7. The number of morpholine rings is 1. The van der Waals surface area contributed by atoms with E-state index in [1.807, 2.05) is 0 Å². The highest BCUT2D eigenvalue weighted by Crippen LogP contribution is 2.36. The normalized spacial score (nSPS) is 37.4. The Balaban J connectivity index is 2.03. The lowest BCUT2D eigenvalue weighted by molar-refractivity contribution is -0.0914. The van der Waals surface area contributed by atoms with Crippen molar-refractivity contribution in [2.24, 2.45) is 5.92 Å². The Morgan fingerprint density at radius 1 is 1.53 bits per heavy atom. The van der Waals surface area contributed by atoms with Crippen molar-refractivity contribution >= 4 is 11.8 Å². The van der Waals surface area contributed by atoms with E-state index in [2.05, 4.69) is 30.9 Å². The van der Waals surface area contributed by atoms with Crippen molar-refractivity contribution < 1.29 is 4.74 Å². The van der Waals surface area contributed by atoms with E-state index in [-0.39, 0.29) is 5.60 Å². The summed E-state index contributed by atoms with van der Waals surface area (Å²) in [5.41, 5.74) is 0.158. The fourth-order valence-corrected chi connectivity index (χ4v) is 3.99. The number of hydrogen-bond donors (Lipinski definition) is 1. The molecule has 0 radical (unpaired) electrons. The highest BCUT2D eigenvalue weighted by atomic mass is 32.2. The second-order valence-corrected chi connectivity index (χ2v) is 6.31. The van der Waals surface area contributed by atoms with Crippen LogP contribution in [0.4, 0.5) is 0 Å². The molecule has 0 saturated carbocycles. The third-order valence-corrected chi connectivity index (χ3v) is 4.73. The topological polar surface area (TPSA) is 21.3 Å². The minimum absolute atomic E-state index is 0.158. The molecule has 0 aromatic heterocycles. The molecule has 2 saturated heterocycles. The van der Waals surface area contributed by atoms with Gasteiger partial charge >= 0.3 is 0 Å². The molecule has 2 atom stereocenters. The van der Waals surface area contributed by atoms with Crippen molar-refractivity contribution in [3.8, 4) is 0 Å². The SMILES string of the molecule is CC(C)CC1NCCOC12CCCSC2. The van der Waals surface area contributed by atoms with E-state index < -0.39 is 0 Å². The van der Waals surface area contributed by atoms with Crippen LogP contribution in [0.15, 0.2) is 0 Å². The monoisotopic (exact) mass is 229 g/mol. The number of nitrogens with one attached hydrogen (secondary N) is 1. The van der Waals surface area contributed by atoms with Gasteiger partial charge in [-0.25, -0.2) is 0 Å². The minimum atomic E-state index is 0.158. The summed E-state index contributed by atoms with van der Waals surface area (Å²) in [5.74, 6) is 3.27. The van der Waals surface area contributed by atoms with Crippen LogP contribution in [-0.2, 0) is 4.74 Å². The first-order valence-electron chi connectivity index (χ1n) is 6.18. The molecule has 2 nitrogen and oxygen atoms in total. The van der Waals surface area contributed by atoms with E-state index >= 15 is 0 Å². The maximum absolute atomic E-state index is 6.14. The van der Waals surface area contributed by atoms with Gasteiger partial charge in [0.15, 0.2) is 0 Å². The van der Waals surface area contributed by atoms with Crippen LogP contribution in [0.5, 0.6) is 0 Å². The molecule has 2 aliphatic heterocycles. The Labute approximate surface area is 97.5 Å². The molecule has 3 heteroatoms. The number of ether oxygens (including phenoxy) is 1. The standard InChI is InChI=1S/C12H23NOS/c1-10(2)8-11-12(14-6-5-13-11)4-3-7-15-9-12/h10-11,13H,3-9H2,1-2H3. The van der Waals surface area contributed by atoms with E-state index in [1.54, 1.807) is 0 Å². The molecule has 2 unspecified atom stereocenters. The Bertz CT molecular complexity index is 194. The highest BCUT2D eigenvalue weighted by molar-refractivity contribution is 7.99. The van der Waals surface area contributed by atoms with Gasteiger partial charge in [0.05, 0.1) is 12.2 Å². The fraction of sp³-hybridized carbons (Fsp3) is 1.00. The van der Waals surface area contributed by atoms with Gasteiger partial charge in [0, 0.05) is 18.3 Å².